The summed E-state index contributed by atoms with van der Waals surface area (Å²) in [4.78, 5) is 0. The molecule has 4 rings (SSSR count). The predicted octanol–water partition coefficient (Wildman–Crippen LogP) is 3.24. The second kappa shape index (κ2) is 6.97. The van der Waals surface area contributed by atoms with Crippen LogP contribution in [0, 0.1) is 17.1 Å². The topological polar surface area (TPSA) is 85.2 Å². The zero-order chi connectivity index (χ0) is 18.8. The maximum atomic E-state index is 13.1. The van der Waals surface area contributed by atoms with E-state index in [1.165, 1.54) is 16.8 Å². The van der Waals surface area contributed by atoms with Crippen molar-refractivity contribution in [1.82, 2.24) is 30.0 Å². The highest BCUT2D eigenvalue weighted by atomic mass is 35.5. The van der Waals surface area contributed by atoms with Gasteiger partial charge in [-0.15, -0.1) is 5.10 Å². The molecule has 0 fully saturated rings. The summed E-state index contributed by atoms with van der Waals surface area (Å²) in [6.07, 6.45) is 1.56. The zero-order valence-corrected chi connectivity index (χ0v) is 14.5. The summed E-state index contributed by atoms with van der Waals surface area (Å²) in [5.41, 5.74) is 2.70. The van der Waals surface area contributed by atoms with Crippen LogP contribution in [-0.4, -0.2) is 30.0 Å². The third kappa shape index (κ3) is 3.28. The number of nitriles is 1. The minimum atomic E-state index is -0.339. The van der Waals surface area contributed by atoms with E-state index >= 15 is 0 Å². The molecule has 0 saturated carbocycles. The van der Waals surface area contributed by atoms with Crippen molar-refractivity contribution >= 4 is 11.6 Å². The summed E-state index contributed by atoms with van der Waals surface area (Å²) in [6.45, 7) is 0.409. The molecule has 0 N–H and O–H groups in total. The van der Waals surface area contributed by atoms with Gasteiger partial charge in [0.25, 0.3) is 0 Å². The second-order valence-corrected chi connectivity index (χ2v) is 6.06. The smallest absolute Gasteiger partial charge is 0.187 e. The maximum absolute atomic E-state index is 13.1. The van der Waals surface area contributed by atoms with Gasteiger partial charge in [0.05, 0.1) is 35.6 Å². The molecular weight excluding hydrogens is 369 g/mol. The van der Waals surface area contributed by atoms with Crippen LogP contribution in [0.25, 0.3) is 17.1 Å². The van der Waals surface area contributed by atoms with Crippen LogP contribution in [0.4, 0.5) is 4.39 Å². The van der Waals surface area contributed by atoms with E-state index in [4.69, 9.17) is 16.9 Å². The minimum Gasteiger partial charge on any atom is -0.221 e. The Bertz CT molecular complexity index is 1120. The maximum Gasteiger partial charge on any atom is 0.187 e. The van der Waals surface area contributed by atoms with Crippen LogP contribution in [0.15, 0.2) is 54.7 Å². The number of hydrogen-bond acceptors (Lipinski definition) is 5. The number of nitrogens with zero attached hydrogens (tertiary/aromatic N) is 7. The molecule has 7 nitrogen and oxygen atoms in total. The van der Waals surface area contributed by atoms with Gasteiger partial charge in [-0.1, -0.05) is 23.7 Å². The molecule has 0 aliphatic carbocycles. The van der Waals surface area contributed by atoms with Gasteiger partial charge in [-0.2, -0.15) is 10.4 Å². The van der Waals surface area contributed by atoms with E-state index in [1.54, 1.807) is 35.1 Å². The average molecular weight is 380 g/mol. The summed E-state index contributed by atoms with van der Waals surface area (Å²) >= 11 is 6.47. The molecule has 0 bridgehead atoms. The number of hydrogen-bond donors (Lipinski definition) is 0. The molecule has 0 aliphatic rings. The molecular formula is C18H11ClFN7. The molecule has 2 heterocycles. The standard InChI is InChI=1S/C18H11ClFN7/c19-17-16(10-22-27(17)15-7-5-14(20)6-8-15)18-23-24-25-26(18)11-13-3-1-12(9-21)2-4-13/h1-8,10H,11H2. The largest absolute Gasteiger partial charge is 0.221 e. The number of halogens is 2. The Morgan fingerprint density at radius 3 is 2.52 bits per heavy atom. The molecule has 4 aromatic rings. The molecule has 132 valence electrons. The fraction of sp³-hybridized carbons (Fsp3) is 0.0556. The highest BCUT2D eigenvalue weighted by molar-refractivity contribution is 6.32. The third-order valence-corrected chi connectivity index (χ3v) is 4.33. The van der Waals surface area contributed by atoms with E-state index < -0.39 is 0 Å². The zero-order valence-electron chi connectivity index (χ0n) is 13.8. The molecule has 0 aliphatic heterocycles. The van der Waals surface area contributed by atoms with Crippen LogP contribution < -0.4 is 0 Å². The van der Waals surface area contributed by atoms with Gasteiger partial charge in [0.2, 0.25) is 0 Å². The van der Waals surface area contributed by atoms with Crippen LogP contribution in [0.3, 0.4) is 0 Å². The minimum absolute atomic E-state index is 0.317. The van der Waals surface area contributed by atoms with Crippen molar-refractivity contribution in [2.24, 2.45) is 0 Å². The molecule has 2 aromatic heterocycles. The summed E-state index contributed by atoms with van der Waals surface area (Å²) in [6, 6.07) is 15.1. The van der Waals surface area contributed by atoms with Crippen LogP contribution in [0.5, 0.6) is 0 Å². The molecule has 0 radical (unpaired) electrons. The molecule has 0 amide bonds. The number of benzene rings is 2. The van der Waals surface area contributed by atoms with E-state index in [-0.39, 0.29) is 5.82 Å². The van der Waals surface area contributed by atoms with Crippen molar-refractivity contribution in [2.75, 3.05) is 0 Å². The van der Waals surface area contributed by atoms with E-state index in [2.05, 4.69) is 26.7 Å². The lowest BCUT2D eigenvalue weighted by Crippen LogP contribution is -2.04. The van der Waals surface area contributed by atoms with E-state index in [1.807, 2.05) is 12.1 Å². The Labute approximate surface area is 158 Å². The normalized spacial score (nSPS) is 10.7. The van der Waals surface area contributed by atoms with Crippen LogP contribution >= 0.6 is 11.6 Å². The molecule has 0 saturated heterocycles. The average Bonchev–Trinajstić information content (AvgIpc) is 3.29. The first kappa shape index (κ1) is 16.9. The molecule has 9 heteroatoms. The lowest BCUT2D eigenvalue weighted by molar-refractivity contribution is 0.627. The Morgan fingerprint density at radius 1 is 1.07 bits per heavy atom. The van der Waals surface area contributed by atoms with Gasteiger partial charge in [0.1, 0.15) is 11.0 Å². The number of tetrazole rings is 1. The van der Waals surface area contributed by atoms with Gasteiger partial charge >= 0.3 is 0 Å². The molecule has 27 heavy (non-hydrogen) atoms. The Kier molecular flexibility index (Phi) is 4.36. The monoisotopic (exact) mass is 379 g/mol. The Morgan fingerprint density at radius 2 is 1.81 bits per heavy atom. The van der Waals surface area contributed by atoms with Crippen molar-refractivity contribution < 1.29 is 4.39 Å². The second-order valence-electron chi connectivity index (χ2n) is 5.71. The molecule has 0 atom stereocenters. The Balaban J connectivity index is 1.66. The van der Waals surface area contributed by atoms with E-state index in [0.29, 0.717) is 34.3 Å². The SMILES string of the molecule is N#Cc1ccc(Cn2nnnc2-c2cnn(-c3ccc(F)cc3)c2Cl)cc1. The highest BCUT2D eigenvalue weighted by Crippen LogP contribution is 2.28. The lowest BCUT2D eigenvalue weighted by atomic mass is 10.1. The molecule has 0 spiro atoms. The van der Waals surface area contributed by atoms with Crippen molar-refractivity contribution in [3.05, 3.63) is 76.8 Å². The number of aromatic nitrogens is 6. The highest BCUT2D eigenvalue weighted by Gasteiger charge is 2.18. The quantitative estimate of drug-likeness (QED) is 0.543. The van der Waals surface area contributed by atoms with Gasteiger partial charge in [-0.3, -0.25) is 0 Å². The van der Waals surface area contributed by atoms with Crippen LogP contribution in [0.1, 0.15) is 11.1 Å². The van der Waals surface area contributed by atoms with Crippen molar-refractivity contribution in [3.8, 4) is 23.1 Å². The first-order valence-electron chi connectivity index (χ1n) is 7.91. The fourth-order valence-corrected chi connectivity index (χ4v) is 2.88. The van der Waals surface area contributed by atoms with Gasteiger partial charge < -0.3 is 0 Å². The van der Waals surface area contributed by atoms with Gasteiger partial charge in [-0.05, 0) is 52.4 Å². The fourth-order valence-electron chi connectivity index (χ4n) is 2.61. The summed E-state index contributed by atoms with van der Waals surface area (Å²) in [5, 5.41) is 25.3. The van der Waals surface area contributed by atoms with Gasteiger partial charge in [0, 0.05) is 0 Å². The number of rotatable bonds is 4. The summed E-state index contributed by atoms with van der Waals surface area (Å²) in [5.74, 6) is 0.117. The Hall–Kier alpha value is -3.57. The predicted molar refractivity (Wildman–Crippen MR) is 95.6 cm³/mol. The van der Waals surface area contributed by atoms with Crippen molar-refractivity contribution in [2.45, 2.75) is 6.54 Å². The molecule has 0 unspecified atom stereocenters. The van der Waals surface area contributed by atoms with Gasteiger partial charge in [0.15, 0.2) is 5.82 Å². The third-order valence-electron chi connectivity index (χ3n) is 3.97. The van der Waals surface area contributed by atoms with E-state index in [0.717, 1.165) is 5.56 Å². The van der Waals surface area contributed by atoms with Crippen LogP contribution in [0.2, 0.25) is 5.15 Å². The first-order chi connectivity index (χ1) is 13.2. The van der Waals surface area contributed by atoms with E-state index in [9.17, 15) is 4.39 Å². The van der Waals surface area contributed by atoms with Gasteiger partial charge in [-0.25, -0.2) is 13.8 Å². The van der Waals surface area contributed by atoms with Crippen molar-refractivity contribution in [3.63, 3.8) is 0 Å². The first-order valence-corrected chi connectivity index (χ1v) is 8.28. The van der Waals surface area contributed by atoms with Crippen molar-refractivity contribution in [1.29, 1.82) is 5.26 Å². The van der Waals surface area contributed by atoms with Crippen LogP contribution in [-0.2, 0) is 6.54 Å². The summed E-state index contributed by atoms with van der Waals surface area (Å²) < 4.78 is 16.2. The summed E-state index contributed by atoms with van der Waals surface area (Å²) in [7, 11) is 0. The lowest BCUT2D eigenvalue weighted by Gasteiger charge is -2.05. The molecule has 2 aromatic carbocycles.